The average molecular weight is 287 g/mol. The van der Waals surface area contributed by atoms with Gasteiger partial charge in [0.1, 0.15) is 11.8 Å². The van der Waals surface area contributed by atoms with E-state index in [9.17, 15) is 10.4 Å². The molecule has 2 nitrogen and oxygen atoms in total. The Morgan fingerprint density at radius 3 is 2.58 bits per heavy atom. The lowest BCUT2D eigenvalue weighted by atomic mass is 10.2. The summed E-state index contributed by atoms with van der Waals surface area (Å²) in [5.74, 6) is 1.18. The van der Waals surface area contributed by atoms with Gasteiger partial charge in [0.05, 0.1) is 5.56 Å². The van der Waals surface area contributed by atoms with Crippen molar-refractivity contribution in [2.45, 2.75) is 21.6 Å². The van der Waals surface area contributed by atoms with Gasteiger partial charge in [-0.25, -0.2) is 0 Å². The minimum Gasteiger partial charge on any atom is -0.508 e. The van der Waals surface area contributed by atoms with Gasteiger partial charge in [0.25, 0.3) is 0 Å². The minimum atomic E-state index is 0.239. The number of hydrogen-bond acceptors (Lipinski definition) is 4. The Hall–Kier alpha value is -1.57. The number of nitrogens with zero attached hydrogens (tertiary/aromatic N) is 1. The molecule has 0 saturated carbocycles. The lowest BCUT2D eigenvalue weighted by molar-refractivity contribution is 0.474. The van der Waals surface area contributed by atoms with E-state index in [1.165, 1.54) is 11.8 Å². The molecule has 2 rings (SSSR count). The van der Waals surface area contributed by atoms with E-state index in [2.05, 4.69) is 13.0 Å². The molecule has 2 aromatic carbocycles. The van der Waals surface area contributed by atoms with Crippen molar-refractivity contribution < 1.29 is 5.11 Å². The van der Waals surface area contributed by atoms with E-state index < -0.39 is 0 Å². The van der Waals surface area contributed by atoms with Crippen LogP contribution in [0.3, 0.4) is 0 Å². The Labute approximate surface area is 121 Å². The number of thioether (sulfide) groups is 1. The van der Waals surface area contributed by atoms with Gasteiger partial charge in [-0.05, 0) is 36.1 Å². The highest BCUT2D eigenvalue weighted by molar-refractivity contribution is 8.00. The van der Waals surface area contributed by atoms with E-state index in [1.807, 2.05) is 24.3 Å². The predicted octanol–water partition coefficient (Wildman–Crippen LogP) is 4.53. The second kappa shape index (κ2) is 6.55. The normalized spacial score (nSPS) is 10.1. The molecule has 0 saturated heterocycles. The summed E-state index contributed by atoms with van der Waals surface area (Å²) >= 11 is 3.17. The van der Waals surface area contributed by atoms with Gasteiger partial charge < -0.3 is 5.11 Å². The summed E-state index contributed by atoms with van der Waals surface area (Å²) in [7, 11) is 0. The van der Waals surface area contributed by atoms with E-state index in [1.54, 1.807) is 30.0 Å². The molecule has 0 bridgehead atoms. The second-order valence-corrected chi connectivity index (χ2v) is 6.19. The van der Waals surface area contributed by atoms with Crippen molar-refractivity contribution in [1.82, 2.24) is 0 Å². The number of rotatable bonds is 4. The fourth-order valence-electron chi connectivity index (χ4n) is 1.66. The second-order valence-electron chi connectivity index (χ2n) is 3.77. The quantitative estimate of drug-likeness (QED) is 0.839. The Morgan fingerprint density at radius 2 is 1.89 bits per heavy atom. The topological polar surface area (TPSA) is 44.0 Å². The molecular weight excluding hydrogens is 274 g/mol. The smallest absolute Gasteiger partial charge is 0.116 e. The number of phenols is 1. The summed E-state index contributed by atoms with van der Waals surface area (Å²) in [6, 6.07) is 15.2. The van der Waals surface area contributed by atoms with Crippen LogP contribution in [0.25, 0.3) is 0 Å². The number of hydrogen-bond donors (Lipinski definition) is 1. The first kappa shape index (κ1) is 13.9. The van der Waals surface area contributed by atoms with Crippen LogP contribution in [0.15, 0.2) is 57.2 Å². The van der Waals surface area contributed by atoms with Crippen LogP contribution >= 0.6 is 23.5 Å². The van der Waals surface area contributed by atoms with Crippen LogP contribution in [0.5, 0.6) is 5.75 Å². The zero-order valence-electron chi connectivity index (χ0n) is 10.5. The summed E-state index contributed by atoms with van der Waals surface area (Å²) < 4.78 is 0. The first-order valence-electron chi connectivity index (χ1n) is 5.87. The Kier molecular flexibility index (Phi) is 4.78. The molecule has 0 aromatic heterocycles. The molecule has 0 amide bonds. The minimum absolute atomic E-state index is 0.239. The number of phenolic OH excluding ortho intramolecular Hbond substituents is 1. The molecule has 0 fully saturated rings. The van der Waals surface area contributed by atoms with Crippen LogP contribution in [-0.4, -0.2) is 10.9 Å². The maximum Gasteiger partial charge on any atom is 0.116 e. The van der Waals surface area contributed by atoms with E-state index in [4.69, 9.17) is 0 Å². The van der Waals surface area contributed by atoms with Crippen molar-refractivity contribution in [3.05, 3.63) is 48.0 Å². The lowest BCUT2D eigenvalue weighted by Crippen LogP contribution is -1.86. The third-order valence-electron chi connectivity index (χ3n) is 2.45. The summed E-state index contributed by atoms with van der Waals surface area (Å²) in [5, 5.41) is 18.8. The molecule has 2 aromatic rings. The summed E-state index contributed by atoms with van der Waals surface area (Å²) in [5.41, 5.74) is 0.711. The van der Waals surface area contributed by atoms with Crippen molar-refractivity contribution in [1.29, 1.82) is 5.26 Å². The van der Waals surface area contributed by atoms with Gasteiger partial charge >= 0.3 is 0 Å². The Balaban J connectivity index is 2.35. The molecule has 96 valence electrons. The first-order chi connectivity index (χ1) is 9.24. The fourth-order valence-corrected chi connectivity index (χ4v) is 3.49. The van der Waals surface area contributed by atoms with Gasteiger partial charge in [0.15, 0.2) is 0 Å². The van der Waals surface area contributed by atoms with Gasteiger partial charge in [-0.1, -0.05) is 30.8 Å². The number of aromatic hydroxyl groups is 1. The van der Waals surface area contributed by atoms with Crippen LogP contribution in [0.1, 0.15) is 12.5 Å². The lowest BCUT2D eigenvalue weighted by Gasteiger charge is -2.08. The molecule has 0 unspecified atom stereocenters. The highest BCUT2D eigenvalue weighted by Gasteiger charge is 2.09. The van der Waals surface area contributed by atoms with E-state index in [0.29, 0.717) is 5.56 Å². The van der Waals surface area contributed by atoms with Crippen LogP contribution in [0.4, 0.5) is 0 Å². The van der Waals surface area contributed by atoms with Crippen molar-refractivity contribution >= 4 is 23.5 Å². The largest absolute Gasteiger partial charge is 0.508 e. The molecule has 0 aliphatic heterocycles. The van der Waals surface area contributed by atoms with Crippen molar-refractivity contribution in [2.75, 3.05) is 5.75 Å². The molecule has 0 radical (unpaired) electrons. The van der Waals surface area contributed by atoms with Crippen molar-refractivity contribution in [2.24, 2.45) is 0 Å². The van der Waals surface area contributed by atoms with E-state index in [0.717, 1.165) is 20.4 Å². The molecule has 0 heterocycles. The molecule has 1 N–H and O–H groups in total. The zero-order chi connectivity index (χ0) is 13.7. The molecule has 0 spiro atoms. The van der Waals surface area contributed by atoms with Crippen molar-refractivity contribution in [3.63, 3.8) is 0 Å². The van der Waals surface area contributed by atoms with Crippen LogP contribution < -0.4 is 0 Å². The SMILES string of the molecule is CCSc1cccc(Sc2cccc(O)c2)c1C#N. The monoisotopic (exact) mass is 287 g/mol. The highest BCUT2D eigenvalue weighted by atomic mass is 32.2. The van der Waals surface area contributed by atoms with Crippen LogP contribution in [0.2, 0.25) is 0 Å². The van der Waals surface area contributed by atoms with Gasteiger partial charge in [0, 0.05) is 14.7 Å². The zero-order valence-corrected chi connectivity index (χ0v) is 12.1. The summed E-state index contributed by atoms with van der Waals surface area (Å²) in [4.78, 5) is 2.86. The first-order valence-corrected chi connectivity index (χ1v) is 7.67. The third-order valence-corrected chi connectivity index (χ3v) is 4.43. The van der Waals surface area contributed by atoms with Gasteiger partial charge in [-0.3, -0.25) is 0 Å². The van der Waals surface area contributed by atoms with Crippen LogP contribution in [0, 0.1) is 11.3 Å². The molecular formula is C15H13NOS2. The van der Waals surface area contributed by atoms with Crippen molar-refractivity contribution in [3.8, 4) is 11.8 Å². The molecule has 4 heteroatoms. The van der Waals surface area contributed by atoms with Gasteiger partial charge in [0.2, 0.25) is 0 Å². The van der Waals surface area contributed by atoms with Gasteiger partial charge in [-0.2, -0.15) is 5.26 Å². The number of nitriles is 1. The third kappa shape index (κ3) is 3.46. The maximum atomic E-state index is 9.47. The molecule has 0 aliphatic rings. The average Bonchev–Trinajstić information content (AvgIpc) is 2.39. The van der Waals surface area contributed by atoms with Gasteiger partial charge in [-0.15, -0.1) is 11.8 Å². The Bertz CT molecular complexity index is 620. The summed E-state index contributed by atoms with van der Waals surface area (Å²) in [6.45, 7) is 2.07. The molecule has 19 heavy (non-hydrogen) atoms. The maximum absolute atomic E-state index is 9.47. The van der Waals surface area contributed by atoms with E-state index >= 15 is 0 Å². The van der Waals surface area contributed by atoms with Crippen LogP contribution in [-0.2, 0) is 0 Å². The Morgan fingerprint density at radius 1 is 1.16 bits per heavy atom. The molecule has 0 atom stereocenters. The highest BCUT2D eigenvalue weighted by Crippen LogP contribution is 2.35. The summed E-state index contributed by atoms with van der Waals surface area (Å²) in [6.07, 6.45) is 0. The van der Waals surface area contributed by atoms with E-state index in [-0.39, 0.29) is 5.75 Å². The fraction of sp³-hybridized carbons (Fsp3) is 0.133. The number of benzene rings is 2. The standard InChI is InChI=1S/C15H13NOS2/c1-2-18-14-7-4-8-15(13(14)10-16)19-12-6-3-5-11(17)9-12/h3-9,17H,2H2,1H3. The molecule has 0 aliphatic carbocycles. The predicted molar refractivity (Wildman–Crippen MR) is 79.8 cm³/mol.